The first-order valence-electron chi connectivity index (χ1n) is 3.06. The molecule has 0 unspecified atom stereocenters. The third-order valence-corrected chi connectivity index (χ3v) is 1.68. The van der Waals surface area contributed by atoms with E-state index in [9.17, 15) is 13.6 Å². The summed E-state index contributed by atoms with van der Waals surface area (Å²) in [6.45, 7) is -1.21. The molecule has 0 aliphatic heterocycles. The van der Waals surface area contributed by atoms with Gasteiger partial charge in [-0.1, -0.05) is 0 Å². The van der Waals surface area contributed by atoms with Gasteiger partial charge in [0.2, 0.25) is 5.95 Å². The number of hydrogen-bond donors (Lipinski definition) is 0. The molecule has 64 valence electrons. The lowest BCUT2D eigenvalue weighted by Gasteiger charge is -1.97. The van der Waals surface area contributed by atoms with Crippen LogP contribution in [-0.2, 0) is 0 Å². The number of alkyl halides is 1. The number of ketones is 1. The fraction of sp³-hybridized carbons (Fsp3) is 0.143. The number of halogens is 3. The molecule has 2 nitrogen and oxygen atoms in total. The Kier molecular flexibility index (Phi) is 2.86. The summed E-state index contributed by atoms with van der Waals surface area (Å²) in [6.07, 6.45) is 0. The summed E-state index contributed by atoms with van der Waals surface area (Å²) in [6, 6.07) is 2.57. The minimum atomic E-state index is -1.21. The number of pyridine rings is 1. The summed E-state index contributed by atoms with van der Waals surface area (Å²) in [7, 11) is 0. The Morgan fingerprint density at radius 3 is 2.75 bits per heavy atom. The fourth-order valence-corrected chi connectivity index (χ4v) is 0.980. The number of carbonyl (C=O) groups is 1. The lowest BCUT2D eigenvalue weighted by Crippen LogP contribution is -2.05. The standard InChI is InChI=1S/C7H4BrF2NO/c8-6-2-1-4(5(12)3-9)7(10)11-6/h1-2H,3H2. The Morgan fingerprint density at radius 2 is 2.25 bits per heavy atom. The fourth-order valence-electron chi connectivity index (χ4n) is 0.692. The molecule has 0 aliphatic rings. The van der Waals surface area contributed by atoms with E-state index in [2.05, 4.69) is 20.9 Å². The molecule has 0 bridgehead atoms. The molecule has 1 aromatic heterocycles. The zero-order chi connectivity index (χ0) is 9.14. The van der Waals surface area contributed by atoms with Crippen LogP contribution in [0.15, 0.2) is 16.7 Å². The third kappa shape index (κ3) is 1.85. The van der Waals surface area contributed by atoms with Gasteiger partial charge in [-0.25, -0.2) is 9.37 Å². The van der Waals surface area contributed by atoms with Gasteiger partial charge in [0.05, 0.1) is 5.56 Å². The topological polar surface area (TPSA) is 30.0 Å². The van der Waals surface area contributed by atoms with E-state index >= 15 is 0 Å². The van der Waals surface area contributed by atoms with Crippen molar-refractivity contribution in [3.63, 3.8) is 0 Å². The molecule has 1 rings (SSSR count). The molecule has 0 aliphatic carbocycles. The van der Waals surface area contributed by atoms with Crippen molar-refractivity contribution in [2.45, 2.75) is 0 Å². The van der Waals surface area contributed by atoms with Crippen LogP contribution in [0.25, 0.3) is 0 Å². The monoisotopic (exact) mass is 235 g/mol. The van der Waals surface area contributed by atoms with Crippen LogP contribution in [0.3, 0.4) is 0 Å². The second-order valence-electron chi connectivity index (χ2n) is 2.03. The van der Waals surface area contributed by atoms with Crippen LogP contribution in [0.4, 0.5) is 8.78 Å². The largest absolute Gasteiger partial charge is 0.291 e. The Bertz CT molecular complexity index is 316. The number of nitrogens with zero attached hydrogens (tertiary/aromatic N) is 1. The first kappa shape index (κ1) is 9.25. The predicted molar refractivity (Wildman–Crippen MR) is 42.2 cm³/mol. The van der Waals surface area contributed by atoms with E-state index in [1.165, 1.54) is 12.1 Å². The molecule has 5 heteroatoms. The van der Waals surface area contributed by atoms with Crippen molar-refractivity contribution in [1.82, 2.24) is 4.98 Å². The Hall–Kier alpha value is -0.840. The molecule has 1 heterocycles. The highest BCUT2D eigenvalue weighted by Crippen LogP contribution is 2.11. The lowest BCUT2D eigenvalue weighted by atomic mass is 10.2. The van der Waals surface area contributed by atoms with Crippen molar-refractivity contribution in [3.8, 4) is 0 Å². The van der Waals surface area contributed by atoms with Gasteiger partial charge in [-0.2, -0.15) is 4.39 Å². The van der Waals surface area contributed by atoms with Crippen molar-refractivity contribution in [2.24, 2.45) is 0 Å². The number of rotatable bonds is 2. The molecule has 0 amide bonds. The average Bonchev–Trinajstić information content (AvgIpc) is 2.03. The minimum absolute atomic E-state index is 0.274. The maximum absolute atomic E-state index is 12.8. The van der Waals surface area contributed by atoms with Crippen LogP contribution in [0.5, 0.6) is 0 Å². The number of hydrogen-bond acceptors (Lipinski definition) is 2. The summed E-state index contributed by atoms with van der Waals surface area (Å²) in [5.41, 5.74) is -0.319. The molecule has 0 radical (unpaired) electrons. The van der Waals surface area contributed by atoms with E-state index in [-0.39, 0.29) is 10.2 Å². The molecule has 0 spiro atoms. The molecule has 0 N–H and O–H groups in total. The zero-order valence-corrected chi connectivity index (χ0v) is 7.44. The molecule has 0 saturated heterocycles. The second kappa shape index (κ2) is 3.71. The lowest BCUT2D eigenvalue weighted by molar-refractivity contribution is 0.0953. The van der Waals surface area contributed by atoms with E-state index in [0.717, 1.165) is 0 Å². The molecular weight excluding hydrogens is 232 g/mol. The molecule has 0 atom stereocenters. The summed E-state index contributed by atoms with van der Waals surface area (Å²) >= 11 is 2.91. The Morgan fingerprint density at radius 1 is 1.58 bits per heavy atom. The summed E-state index contributed by atoms with van der Waals surface area (Å²) < 4.78 is 24.8. The Balaban J connectivity index is 3.09. The van der Waals surface area contributed by atoms with Crippen LogP contribution in [0, 0.1) is 5.95 Å². The van der Waals surface area contributed by atoms with Crippen molar-refractivity contribution < 1.29 is 13.6 Å². The van der Waals surface area contributed by atoms with Gasteiger partial charge in [-0.3, -0.25) is 4.79 Å². The van der Waals surface area contributed by atoms with Crippen LogP contribution >= 0.6 is 15.9 Å². The quantitative estimate of drug-likeness (QED) is 0.581. The van der Waals surface area contributed by atoms with E-state index < -0.39 is 18.4 Å². The van der Waals surface area contributed by atoms with Crippen molar-refractivity contribution in [2.75, 3.05) is 6.67 Å². The summed E-state index contributed by atoms with van der Waals surface area (Å²) in [5, 5.41) is 0. The number of aromatic nitrogens is 1. The summed E-state index contributed by atoms with van der Waals surface area (Å²) in [5.74, 6) is -1.85. The predicted octanol–water partition coefficient (Wildman–Crippen LogP) is 2.14. The van der Waals surface area contributed by atoms with Gasteiger partial charge in [0.15, 0.2) is 12.5 Å². The van der Waals surface area contributed by atoms with E-state index in [0.29, 0.717) is 0 Å². The van der Waals surface area contributed by atoms with Crippen LogP contribution in [0.1, 0.15) is 10.4 Å². The van der Waals surface area contributed by atoms with Gasteiger partial charge in [-0.05, 0) is 28.1 Å². The molecule has 0 aromatic carbocycles. The average molecular weight is 236 g/mol. The van der Waals surface area contributed by atoms with Crippen molar-refractivity contribution >= 4 is 21.7 Å². The smallest absolute Gasteiger partial charge is 0.224 e. The van der Waals surface area contributed by atoms with Gasteiger partial charge in [-0.15, -0.1) is 0 Å². The van der Waals surface area contributed by atoms with Crippen molar-refractivity contribution in [1.29, 1.82) is 0 Å². The van der Waals surface area contributed by atoms with E-state index in [4.69, 9.17) is 0 Å². The molecule has 0 saturated carbocycles. The van der Waals surface area contributed by atoms with Crippen LogP contribution in [-0.4, -0.2) is 17.4 Å². The SMILES string of the molecule is O=C(CF)c1ccc(Br)nc1F. The number of carbonyl (C=O) groups excluding carboxylic acids is 1. The molecular formula is C7H4BrF2NO. The first-order chi connectivity index (χ1) is 5.65. The van der Waals surface area contributed by atoms with Gasteiger partial charge in [0.1, 0.15) is 4.60 Å². The van der Waals surface area contributed by atoms with E-state index in [1.54, 1.807) is 0 Å². The highest BCUT2D eigenvalue weighted by atomic mass is 79.9. The van der Waals surface area contributed by atoms with Gasteiger partial charge in [0, 0.05) is 0 Å². The Labute approximate surface area is 75.7 Å². The zero-order valence-electron chi connectivity index (χ0n) is 5.85. The van der Waals surface area contributed by atoms with E-state index in [1.807, 2.05) is 0 Å². The normalized spacial score (nSPS) is 9.92. The maximum atomic E-state index is 12.8. The van der Waals surface area contributed by atoms with Gasteiger partial charge < -0.3 is 0 Å². The second-order valence-corrected chi connectivity index (χ2v) is 2.84. The molecule has 12 heavy (non-hydrogen) atoms. The van der Waals surface area contributed by atoms with Gasteiger partial charge in [0.25, 0.3) is 0 Å². The van der Waals surface area contributed by atoms with Crippen LogP contribution < -0.4 is 0 Å². The highest BCUT2D eigenvalue weighted by Gasteiger charge is 2.11. The first-order valence-corrected chi connectivity index (χ1v) is 3.85. The third-order valence-electron chi connectivity index (χ3n) is 1.24. The van der Waals surface area contributed by atoms with Crippen molar-refractivity contribution in [3.05, 3.63) is 28.2 Å². The molecule has 0 fully saturated rings. The van der Waals surface area contributed by atoms with Gasteiger partial charge >= 0.3 is 0 Å². The summed E-state index contributed by atoms with van der Waals surface area (Å²) in [4.78, 5) is 14.0. The van der Waals surface area contributed by atoms with Crippen LogP contribution in [0.2, 0.25) is 0 Å². The highest BCUT2D eigenvalue weighted by molar-refractivity contribution is 9.10. The minimum Gasteiger partial charge on any atom is -0.291 e. The number of Topliss-reactive ketones (excluding diaryl/α,β-unsaturated/α-hetero) is 1. The maximum Gasteiger partial charge on any atom is 0.224 e. The molecule has 1 aromatic rings.